The molecule has 3 nitrogen and oxygen atoms in total. The molecular weight excluding hydrogens is 190 g/mol. The molecule has 78 valence electrons. The zero-order chi connectivity index (χ0) is 10.8. The summed E-state index contributed by atoms with van der Waals surface area (Å²) in [5.41, 5.74) is 2.69. The van der Waals surface area contributed by atoms with E-state index in [9.17, 15) is 0 Å². The normalized spacial score (nSPS) is 18.3. The van der Waals surface area contributed by atoms with Crippen LogP contribution in [-0.4, -0.2) is 19.3 Å². The van der Waals surface area contributed by atoms with E-state index in [4.69, 9.17) is 14.7 Å². The largest absolute Gasteiger partial charge is 0.490 e. The van der Waals surface area contributed by atoms with Gasteiger partial charge in [0.05, 0.1) is 18.2 Å². The van der Waals surface area contributed by atoms with Crippen molar-refractivity contribution < 1.29 is 9.47 Å². The topological polar surface area (TPSA) is 45.5 Å². The fourth-order valence-corrected chi connectivity index (χ4v) is 1.58. The average Bonchev–Trinajstić information content (AvgIpc) is 3.00. The molecular formula is C12H13NO2. The van der Waals surface area contributed by atoms with E-state index in [1.165, 1.54) is 0 Å². The van der Waals surface area contributed by atoms with Crippen molar-refractivity contribution in [2.24, 2.45) is 0 Å². The van der Waals surface area contributed by atoms with Crippen LogP contribution in [0.5, 0.6) is 5.75 Å². The lowest BCUT2D eigenvalue weighted by Crippen LogP contribution is -2.06. The summed E-state index contributed by atoms with van der Waals surface area (Å²) in [6, 6.07) is 5.82. The molecule has 1 aromatic carbocycles. The second-order valence-corrected chi connectivity index (χ2v) is 3.82. The lowest BCUT2D eigenvalue weighted by Gasteiger charge is -2.11. The highest BCUT2D eigenvalue weighted by Gasteiger charge is 2.23. The van der Waals surface area contributed by atoms with Gasteiger partial charge in [-0.3, -0.25) is 0 Å². The molecule has 2 rings (SSSR count). The number of nitrogens with zero attached hydrogens (tertiary/aromatic N) is 1. The smallest absolute Gasteiger partial charge is 0.125 e. The number of hydrogen-bond acceptors (Lipinski definition) is 3. The van der Waals surface area contributed by atoms with Crippen molar-refractivity contribution in [1.82, 2.24) is 0 Å². The predicted molar refractivity (Wildman–Crippen MR) is 55.9 cm³/mol. The van der Waals surface area contributed by atoms with Gasteiger partial charge in [0.15, 0.2) is 0 Å². The van der Waals surface area contributed by atoms with Crippen LogP contribution in [0.15, 0.2) is 12.1 Å². The summed E-state index contributed by atoms with van der Waals surface area (Å²) < 4.78 is 10.7. The van der Waals surface area contributed by atoms with Crippen LogP contribution < -0.4 is 4.74 Å². The number of benzene rings is 1. The van der Waals surface area contributed by atoms with Gasteiger partial charge in [-0.2, -0.15) is 5.26 Å². The first-order chi connectivity index (χ1) is 7.20. The van der Waals surface area contributed by atoms with Gasteiger partial charge in [0.25, 0.3) is 0 Å². The van der Waals surface area contributed by atoms with E-state index in [2.05, 4.69) is 6.07 Å². The molecule has 1 heterocycles. The van der Waals surface area contributed by atoms with E-state index < -0.39 is 0 Å². The Balaban J connectivity index is 2.18. The second-order valence-electron chi connectivity index (χ2n) is 3.82. The highest BCUT2D eigenvalue weighted by atomic mass is 16.6. The third-order valence-corrected chi connectivity index (χ3v) is 2.41. The first-order valence-corrected chi connectivity index (χ1v) is 4.96. The third-order valence-electron chi connectivity index (χ3n) is 2.41. The minimum absolute atomic E-state index is 0.263. The van der Waals surface area contributed by atoms with E-state index in [1.54, 1.807) is 0 Å². The summed E-state index contributed by atoms with van der Waals surface area (Å²) >= 11 is 0. The zero-order valence-electron chi connectivity index (χ0n) is 8.91. The SMILES string of the molecule is Cc1cc(C#N)cc(C)c1OC[C@H]1CO1. The Kier molecular flexibility index (Phi) is 2.61. The van der Waals surface area contributed by atoms with Crippen molar-refractivity contribution in [3.63, 3.8) is 0 Å². The third kappa shape index (κ3) is 2.28. The van der Waals surface area contributed by atoms with E-state index >= 15 is 0 Å². The molecule has 0 aliphatic carbocycles. The van der Waals surface area contributed by atoms with E-state index in [0.29, 0.717) is 12.2 Å². The zero-order valence-corrected chi connectivity index (χ0v) is 8.91. The van der Waals surface area contributed by atoms with Gasteiger partial charge in [0, 0.05) is 0 Å². The molecule has 0 unspecified atom stereocenters. The summed E-state index contributed by atoms with van der Waals surface area (Å²) in [5.74, 6) is 0.879. The average molecular weight is 203 g/mol. The van der Waals surface area contributed by atoms with Crippen LogP contribution in [-0.2, 0) is 4.74 Å². The van der Waals surface area contributed by atoms with Crippen molar-refractivity contribution in [3.8, 4) is 11.8 Å². The van der Waals surface area contributed by atoms with Crippen LogP contribution in [0, 0.1) is 25.2 Å². The van der Waals surface area contributed by atoms with E-state index in [1.807, 2.05) is 26.0 Å². The molecule has 0 spiro atoms. The van der Waals surface area contributed by atoms with Crippen LogP contribution >= 0.6 is 0 Å². The van der Waals surface area contributed by atoms with Crippen molar-refractivity contribution >= 4 is 0 Å². The monoisotopic (exact) mass is 203 g/mol. The van der Waals surface area contributed by atoms with Gasteiger partial charge in [0.2, 0.25) is 0 Å². The Morgan fingerprint density at radius 1 is 1.47 bits per heavy atom. The molecule has 0 bridgehead atoms. The molecule has 0 saturated carbocycles. The summed E-state index contributed by atoms with van der Waals surface area (Å²) in [5, 5.41) is 8.79. The van der Waals surface area contributed by atoms with E-state index in [0.717, 1.165) is 23.5 Å². The quantitative estimate of drug-likeness (QED) is 0.705. The molecule has 1 saturated heterocycles. The Labute approximate surface area is 89.2 Å². The Bertz CT molecular complexity index is 393. The first-order valence-electron chi connectivity index (χ1n) is 4.96. The minimum Gasteiger partial charge on any atom is -0.490 e. The minimum atomic E-state index is 0.263. The molecule has 15 heavy (non-hydrogen) atoms. The second kappa shape index (κ2) is 3.92. The molecule has 3 heteroatoms. The molecule has 0 N–H and O–H groups in total. The van der Waals surface area contributed by atoms with Gasteiger partial charge in [-0.05, 0) is 37.1 Å². The first kappa shape index (κ1) is 10.0. The van der Waals surface area contributed by atoms with Gasteiger partial charge in [-0.15, -0.1) is 0 Å². The number of epoxide rings is 1. The van der Waals surface area contributed by atoms with Crippen molar-refractivity contribution in [3.05, 3.63) is 28.8 Å². The van der Waals surface area contributed by atoms with Crippen molar-refractivity contribution in [1.29, 1.82) is 5.26 Å². The number of aryl methyl sites for hydroxylation is 2. The van der Waals surface area contributed by atoms with Crippen molar-refractivity contribution in [2.75, 3.05) is 13.2 Å². The van der Waals surface area contributed by atoms with Gasteiger partial charge in [0.1, 0.15) is 18.5 Å². The molecule has 0 radical (unpaired) electrons. The van der Waals surface area contributed by atoms with Gasteiger partial charge in [-0.1, -0.05) is 0 Å². The highest BCUT2D eigenvalue weighted by molar-refractivity contribution is 5.47. The number of nitriles is 1. The van der Waals surface area contributed by atoms with Crippen LogP contribution in [0.2, 0.25) is 0 Å². The maximum absolute atomic E-state index is 8.79. The molecule has 1 atom stereocenters. The summed E-state index contributed by atoms with van der Waals surface area (Å²) in [6.45, 7) is 5.32. The highest BCUT2D eigenvalue weighted by Crippen LogP contribution is 2.25. The fourth-order valence-electron chi connectivity index (χ4n) is 1.58. The number of ether oxygens (including phenoxy) is 2. The molecule has 0 amide bonds. The number of hydrogen-bond donors (Lipinski definition) is 0. The maximum atomic E-state index is 8.79. The molecule has 1 aliphatic heterocycles. The molecule has 0 aromatic heterocycles. The predicted octanol–water partition coefficient (Wildman–Crippen LogP) is 1.95. The van der Waals surface area contributed by atoms with E-state index in [-0.39, 0.29) is 6.10 Å². The van der Waals surface area contributed by atoms with Gasteiger partial charge >= 0.3 is 0 Å². The maximum Gasteiger partial charge on any atom is 0.125 e. The van der Waals surface area contributed by atoms with Crippen LogP contribution in [0.3, 0.4) is 0 Å². The van der Waals surface area contributed by atoms with Crippen LogP contribution in [0.25, 0.3) is 0 Å². The molecule has 1 fully saturated rings. The Hall–Kier alpha value is -1.53. The summed E-state index contributed by atoms with van der Waals surface area (Å²) in [6.07, 6.45) is 0.263. The van der Waals surface area contributed by atoms with Crippen molar-refractivity contribution in [2.45, 2.75) is 20.0 Å². The van der Waals surface area contributed by atoms with Gasteiger partial charge in [-0.25, -0.2) is 0 Å². The standard InChI is InChI=1S/C12H13NO2/c1-8-3-10(5-13)4-9(2)12(8)15-7-11-6-14-11/h3-4,11H,6-7H2,1-2H3/t11-/m1/s1. The Morgan fingerprint density at radius 3 is 2.53 bits per heavy atom. The fraction of sp³-hybridized carbons (Fsp3) is 0.417. The van der Waals surface area contributed by atoms with Gasteiger partial charge < -0.3 is 9.47 Å². The molecule has 1 aromatic rings. The lowest BCUT2D eigenvalue weighted by molar-refractivity contribution is 0.260. The molecule has 1 aliphatic rings. The van der Waals surface area contributed by atoms with Crippen LogP contribution in [0.4, 0.5) is 0 Å². The Morgan fingerprint density at radius 2 is 2.07 bits per heavy atom. The summed E-state index contributed by atoms with van der Waals surface area (Å²) in [7, 11) is 0. The number of rotatable bonds is 3. The van der Waals surface area contributed by atoms with Crippen LogP contribution in [0.1, 0.15) is 16.7 Å². The summed E-state index contributed by atoms with van der Waals surface area (Å²) in [4.78, 5) is 0. The lowest BCUT2D eigenvalue weighted by atomic mass is 10.1.